The normalized spacial score (nSPS) is 13.5. The number of carbonyl (C=O) groups excluding carboxylic acids is 1. The highest BCUT2D eigenvalue weighted by atomic mass is 16.3. The van der Waals surface area contributed by atoms with Crippen molar-refractivity contribution in [3.8, 4) is 0 Å². The van der Waals surface area contributed by atoms with Crippen LogP contribution in [0.5, 0.6) is 0 Å². The molecule has 1 rings (SSSR count). The molecule has 1 aromatic heterocycles. The second-order valence-corrected chi connectivity index (χ2v) is 5.39. The SMILES string of the molecule is Cc1cc(C(=O)NCC(O)C(C)(C)C)nn1C. The lowest BCUT2D eigenvalue weighted by molar-refractivity contribution is 0.0585. The first kappa shape index (κ1) is 13.7. The van der Waals surface area contributed by atoms with E-state index in [9.17, 15) is 9.90 Å². The van der Waals surface area contributed by atoms with Crippen molar-refractivity contribution in [1.82, 2.24) is 15.1 Å². The summed E-state index contributed by atoms with van der Waals surface area (Å²) in [5.74, 6) is -0.253. The number of rotatable bonds is 3. The number of nitrogens with zero attached hydrogens (tertiary/aromatic N) is 2. The van der Waals surface area contributed by atoms with E-state index >= 15 is 0 Å². The first-order valence-corrected chi connectivity index (χ1v) is 5.68. The van der Waals surface area contributed by atoms with E-state index in [4.69, 9.17) is 0 Å². The van der Waals surface area contributed by atoms with Crippen LogP contribution < -0.4 is 5.32 Å². The molecule has 0 aromatic carbocycles. The molecule has 0 radical (unpaired) electrons. The Kier molecular flexibility index (Phi) is 3.93. The minimum absolute atomic E-state index is 0.234. The molecule has 0 saturated carbocycles. The first-order valence-electron chi connectivity index (χ1n) is 5.68. The largest absolute Gasteiger partial charge is 0.391 e. The predicted molar refractivity (Wildman–Crippen MR) is 65.7 cm³/mol. The third kappa shape index (κ3) is 3.56. The molecule has 0 aliphatic heterocycles. The van der Waals surface area contributed by atoms with E-state index in [2.05, 4.69) is 10.4 Å². The molecule has 0 aliphatic rings. The van der Waals surface area contributed by atoms with Gasteiger partial charge in [0.2, 0.25) is 0 Å². The van der Waals surface area contributed by atoms with E-state index in [1.165, 1.54) is 0 Å². The molecule has 0 saturated heterocycles. The van der Waals surface area contributed by atoms with Crippen molar-refractivity contribution in [2.75, 3.05) is 6.54 Å². The Labute approximate surface area is 102 Å². The lowest BCUT2D eigenvalue weighted by Gasteiger charge is -2.25. The summed E-state index contributed by atoms with van der Waals surface area (Å²) in [5.41, 5.74) is 1.06. The molecule has 1 aromatic rings. The topological polar surface area (TPSA) is 67.2 Å². The molecule has 17 heavy (non-hydrogen) atoms. The van der Waals surface area contributed by atoms with Crippen molar-refractivity contribution in [1.29, 1.82) is 0 Å². The molecule has 1 atom stereocenters. The van der Waals surface area contributed by atoms with Gasteiger partial charge in [-0.3, -0.25) is 9.48 Å². The summed E-state index contributed by atoms with van der Waals surface area (Å²) < 4.78 is 1.65. The average molecular weight is 239 g/mol. The van der Waals surface area contributed by atoms with Gasteiger partial charge >= 0.3 is 0 Å². The summed E-state index contributed by atoms with van der Waals surface area (Å²) in [6.07, 6.45) is -0.573. The highest BCUT2D eigenvalue weighted by Crippen LogP contribution is 2.18. The lowest BCUT2D eigenvalue weighted by Crippen LogP contribution is -2.39. The minimum atomic E-state index is -0.573. The Morgan fingerprint density at radius 3 is 2.59 bits per heavy atom. The summed E-state index contributed by atoms with van der Waals surface area (Å²) in [4.78, 5) is 11.7. The van der Waals surface area contributed by atoms with Crippen LogP contribution in [0.3, 0.4) is 0 Å². The molecular weight excluding hydrogens is 218 g/mol. The zero-order valence-corrected chi connectivity index (χ0v) is 11.1. The van der Waals surface area contributed by atoms with E-state index in [1.54, 1.807) is 17.8 Å². The minimum Gasteiger partial charge on any atom is -0.391 e. The summed E-state index contributed by atoms with van der Waals surface area (Å²) in [7, 11) is 1.79. The maximum absolute atomic E-state index is 11.7. The third-order valence-electron chi connectivity index (χ3n) is 2.80. The first-order chi connectivity index (χ1) is 7.71. The fourth-order valence-corrected chi connectivity index (χ4v) is 1.26. The van der Waals surface area contributed by atoms with Crippen molar-refractivity contribution >= 4 is 5.91 Å². The van der Waals surface area contributed by atoms with Crippen LogP contribution >= 0.6 is 0 Å². The number of hydrogen-bond donors (Lipinski definition) is 2. The van der Waals surface area contributed by atoms with Crippen molar-refractivity contribution in [2.45, 2.75) is 33.8 Å². The van der Waals surface area contributed by atoms with Crippen molar-refractivity contribution < 1.29 is 9.90 Å². The number of aryl methyl sites for hydroxylation is 2. The zero-order chi connectivity index (χ0) is 13.2. The Morgan fingerprint density at radius 2 is 2.18 bits per heavy atom. The van der Waals surface area contributed by atoms with Crippen LogP contribution in [-0.2, 0) is 7.05 Å². The van der Waals surface area contributed by atoms with Gasteiger partial charge in [-0.05, 0) is 18.4 Å². The second-order valence-electron chi connectivity index (χ2n) is 5.39. The molecule has 2 N–H and O–H groups in total. The molecule has 5 nitrogen and oxygen atoms in total. The van der Waals surface area contributed by atoms with Crippen LogP contribution in [0.4, 0.5) is 0 Å². The Bertz CT molecular complexity index is 385. The number of aliphatic hydroxyl groups excluding tert-OH is 1. The van der Waals surface area contributed by atoms with Crippen LogP contribution in [0.15, 0.2) is 6.07 Å². The van der Waals surface area contributed by atoms with Gasteiger partial charge in [-0.1, -0.05) is 20.8 Å². The Hall–Kier alpha value is -1.36. The summed E-state index contributed by atoms with van der Waals surface area (Å²) in [6.45, 7) is 7.89. The zero-order valence-electron chi connectivity index (χ0n) is 11.1. The van der Waals surface area contributed by atoms with Crippen molar-refractivity contribution in [3.05, 3.63) is 17.5 Å². The van der Waals surface area contributed by atoms with Gasteiger partial charge in [-0.25, -0.2) is 0 Å². The van der Waals surface area contributed by atoms with E-state index in [0.29, 0.717) is 5.69 Å². The van der Waals surface area contributed by atoms with Crippen LogP contribution in [0.1, 0.15) is 37.0 Å². The van der Waals surface area contributed by atoms with E-state index in [0.717, 1.165) is 5.69 Å². The van der Waals surface area contributed by atoms with Crippen LogP contribution in [0.2, 0.25) is 0 Å². The van der Waals surface area contributed by atoms with Gasteiger partial charge in [-0.2, -0.15) is 5.10 Å². The molecule has 0 bridgehead atoms. The van der Waals surface area contributed by atoms with Gasteiger partial charge in [0, 0.05) is 19.3 Å². The number of hydrogen-bond acceptors (Lipinski definition) is 3. The molecule has 0 fully saturated rings. The van der Waals surface area contributed by atoms with Crippen LogP contribution in [-0.4, -0.2) is 33.4 Å². The smallest absolute Gasteiger partial charge is 0.271 e. The van der Waals surface area contributed by atoms with E-state index in [-0.39, 0.29) is 17.9 Å². The molecule has 1 amide bonds. The third-order valence-corrected chi connectivity index (χ3v) is 2.80. The standard InChI is InChI=1S/C12H21N3O2/c1-8-6-9(14-15(8)5)11(17)13-7-10(16)12(2,3)4/h6,10,16H,7H2,1-5H3,(H,13,17). The number of aliphatic hydroxyl groups is 1. The highest BCUT2D eigenvalue weighted by molar-refractivity contribution is 5.92. The molecule has 5 heteroatoms. The Balaban J connectivity index is 2.56. The van der Waals surface area contributed by atoms with Gasteiger partial charge in [0.25, 0.3) is 5.91 Å². The number of amides is 1. The molecule has 1 heterocycles. The molecule has 0 aliphatic carbocycles. The molecule has 0 spiro atoms. The monoisotopic (exact) mass is 239 g/mol. The Morgan fingerprint density at radius 1 is 1.59 bits per heavy atom. The molecular formula is C12H21N3O2. The van der Waals surface area contributed by atoms with Gasteiger partial charge in [0.05, 0.1) is 6.10 Å². The fourth-order valence-electron chi connectivity index (χ4n) is 1.26. The highest BCUT2D eigenvalue weighted by Gasteiger charge is 2.23. The van der Waals surface area contributed by atoms with Crippen LogP contribution in [0.25, 0.3) is 0 Å². The second kappa shape index (κ2) is 4.87. The van der Waals surface area contributed by atoms with Gasteiger partial charge in [0.1, 0.15) is 5.69 Å². The molecule has 1 unspecified atom stereocenters. The number of aromatic nitrogens is 2. The van der Waals surface area contributed by atoms with Gasteiger partial charge in [-0.15, -0.1) is 0 Å². The number of nitrogens with one attached hydrogen (secondary N) is 1. The maximum Gasteiger partial charge on any atom is 0.271 e. The van der Waals surface area contributed by atoms with Crippen molar-refractivity contribution in [2.24, 2.45) is 12.5 Å². The van der Waals surface area contributed by atoms with Gasteiger partial charge in [0.15, 0.2) is 0 Å². The maximum atomic E-state index is 11.7. The van der Waals surface area contributed by atoms with Gasteiger partial charge < -0.3 is 10.4 Å². The predicted octanol–water partition coefficient (Wildman–Crippen LogP) is 0.865. The lowest BCUT2D eigenvalue weighted by atomic mass is 9.89. The van der Waals surface area contributed by atoms with Crippen LogP contribution in [0, 0.1) is 12.3 Å². The average Bonchev–Trinajstić information content (AvgIpc) is 2.54. The fraction of sp³-hybridized carbons (Fsp3) is 0.667. The number of carbonyl (C=O) groups is 1. The summed E-state index contributed by atoms with van der Waals surface area (Å²) in [5, 5.41) is 16.6. The van der Waals surface area contributed by atoms with E-state index in [1.807, 2.05) is 27.7 Å². The summed E-state index contributed by atoms with van der Waals surface area (Å²) in [6, 6.07) is 1.72. The quantitative estimate of drug-likeness (QED) is 0.822. The summed E-state index contributed by atoms with van der Waals surface area (Å²) >= 11 is 0. The molecule has 96 valence electrons. The van der Waals surface area contributed by atoms with E-state index < -0.39 is 6.10 Å². The van der Waals surface area contributed by atoms with Crippen molar-refractivity contribution in [3.63, 3.8) is 0 Å².